The predicted molar refractivity (Wildman–Crippen MR) is 72.7 cm³/mol. The molecule has 0 heterocycles. The Morgan fingerprint density at radius 2 is 2.00 bits per heavy atom. The molecule has 1 aromatic rings. The number of halogens is 3. The largest absolute Gasteiger partial charge is 0.416 e. The lowest BCUT2D eigenvalue weighted by molar-refractivity contribution is -0.137. The fraction of sp³-hybridized carbons (Fsp3) is 0.600. The minimum Gasteiger partial charge on any atom is -0.395 e. The molecule has 6 heteroatoms. The van der Waals surface area contributed by atoms with Crippen LogP contribution in [0.25, 0.3) is 0 Å². The molecular formula is C15H20F3NO2. The Bertz CT molecular complexity index is 460. The highest BCUT2D eigenvalue weighted by atomic mass is 19.4. The van der Waals surface area contributed by atoms with E-state index in [1.807, 2.05) is 4.90 Å². The molecule has 1 saturated carbocycles. The Morgan fingerprint density at radius 1 is 1.29 bits per heavy atom. The third kappa shape index (κ3) is 4.98. The fourth-order valence-electron chi connectivity index (χ4n) is 2.34. The number of benzene rings is 1. The van der Waals surface area contributed by atoms with E-state index in [1.165, 1.54) is 12.1 Å². The van der Waals surface area contributed by atoms with E-state index < -0.39 is 17.8 Å². The van der Waals surface area contributed by atoms with Gasteiger partial charge in [0.1, 0.15) is 0 Å². The Morgan fingerprint density at radius 3 is 2.57 bits per heavy atom. The summed E-state index contributed by atoms with van der Waals surface area (Å²) in [4.78, 5) is 1.91. The molecule has 2 N–H and O–H groups in total. The second kappa shape index (κ2) is 6.77. The lowest BCUT2D eigenvalue weighted by Gasteiger charge is -2.24. The molecule has 0 saturated heterocycles. The number of alkyl halides is 3. The second-order valence-electron chi connectivity index (χ2n) is 5.57. The summed E-state index contributed by atoms with van der Waals surface area (Å²) in [5, 5.41) is 19.2. The molecule has 21 heavy (non-hydrogen) atoms. The summed E-state index contributed by atoms with van der Waals surface area (Å²) in [7, 11) is 0. The molecule has 118 valence electrons. The Balaban J connectivity index is 2.02. The van der Waals surface area contributed by atoms with Gasteiger partial charge in [0.15, 0.2) is 0 Å². The molecule has 1 aliphatic carbocycles. The van der Waals surface area contributed by atoms with Crippen molar-refractivity contribution in [2.75, 3.05) is 26.2 Å². The van der Waals surface area contributed by atoms with Crippen LogP contribution in [0, 0.1) is 5.92 Å². The zero-order chi connectivity index (χ0) is 15.5. The normalized spacial score (nSPS) is 17.2. The van der Waals surface area contributed by atoms with E-state index >= 15 is 0 Å². The third-order valence-electron chi connectivity index (χ3n) is 3.66. The van der Waals surface area contributed by atoms with E-state index in [1.54, 1.807) is 0 Å². The van der Waals surface area contributed by atoms with Gasteiger partial charge in [-0.2, -0.15) is 13.2 Å². The van der Waals surface area contributed by atoms with Gasteiger partial charge in [-0.1, -0.05) is 12.1 Å². The smallest absolute Gasteiger partial charge is 0.395 e. The van der Waals surface area contributed by atoms with Crippen molar-refractivity contribution in [2.45, 2.75) is 25.1 Å². The molecule has 1 aromatic carbocycles. The van der Waals surface area contributed by atoms with Gasteiger partial charge in [0.2, 0.25) is 0 Å². The maximum atomic E-state index is 12.7. The first-order chi connectivity index (χ1) is 9.90. The molecule has 0 bridgehead atoms. The maximum Gasteiger partial charge on any atom is 0.416 e. The van der Waals surface area contributed by atoms with Crippen LogP contribution in [0.15, 0.2) is 24.3 Å². The van der Waals surface area contributed by atoms with E-state index in [2.05, 4.69) is 0 Å². The summed E-state index contributed by atoms with van der Waals surface area (Å²) in [6.45, 7) is 1.41. The minimum atomic E-state index is -4.41. The molecule has 0 unspecified atom stereocenters. The molecule has 1 atom stereocenters. The first-order valence-electron chi connectivity index (χ1n) is 7.08. The topological polar surface area (TPSA) is 43.7 Å². The van der Waals surface area contributed by atoms with Crippen molar-refractivity contribution in [1.29, 1.82) is 0 Å². The van der Waals surface area contributed by atoms with Crippen molar-refractivity contribution < 1.29 is 23.4 Å². The predicted octanol–water partition coefficient (Wildman–Crippen LogP) is 2.44. The summed E-state index contributed by atoms with van der Waals surface area (Å²) in [6, 6.07) is 4.78. The summed E-state index contributed by atoms with van der Waals surface area (Å²) >= 11 is 0. The number of rotatable bonds is 7. The number of nitrogens with zero attached hydrogens (tertiary/aromatic N) is 1. The van der Waals surface area contributed by atoms with Crippen LogP contribution in [-0.2, 0) is 6.18 Å². The number of hydrogen-bond acceptors (Lipinski definition) is 3. The van der Waals surface area contributed by atoms with Gasteiger partial charge in [-0.25, -0.2) is 0 Å². The lowest BCUT2D eigenvalue weighted by Crippen LogP contribution is -2.33. The number of hydrogen-bond donors (Lipinski definition) is 2. The van der Waals surface area contributed by atoms with Gasteiger partial charge in [-0.15, -0.1) is 0 Å². The van der Waals surface area contributed by atoms with Gasteiger partial charge >= 0.3 is 6.18 Å². The number of aliphatic hydroxyl groups is 2. The van der Waals surface area contributed by atoms with E-state index in [-0.39, 0.29) is 18.7 Å². The summed E-state index contributed by atoms with van der Waals surface area (Å²) in [5.41, 5.74) is -0.501. The SMILES string of the molecule is OCCN(CC1CC1)C[C@H](O)c1cccc(C(F)(F)F)c1. The molecule has 0 spiro atoms. The Hall–Kier alpha value is -1.11. The molecule has 0 radical (unpaired) electrons. The van der Waals surface area contributed by atoms with Gasteiger partial charge in [0, 0.05) is 19.6 Å². The van der Waals surface area contributed by atoms with E-state index in [0.717, 1.165) is 31.5 Å². The Kier molecular flexibility index (Phi) is 5.24. The van der Waals surface area contributed by atoms with Crippen LogP contribution in [0.3, 0.4) is 0 Å². The highest BCUT2D eigenvalue weighted by Gasteiger charge is 2.31. The van der Waals surface area contributed by atoms with Crippen molar-refractivity contribution in [3.05, 3.63) is 35.4 Å². The van der Waals surface area contributed by atoms with Crippen molar-refractivity contribution >= 4 is 0 Å². The van der Waals surface area contributed by atoms with Crippen LogP contribution in [0.5, 0.6) is 0 Å². The molecule has 0 aromatic heterocycles. The van der Waals surface area contributed by atoms with Gasteiger partial charge in [-0.05, 0) is 36.5 Å². The molecular weight excluding hydrogens is 283 g/mol. The van der Waals surface area contributed by atoms with E-state index in [9.17, 15) is 18.3 Å². The summed E-state index contributed by atoms with van der Waals surface area (Å²) in [5.74, 6) is 0.588. The van der Waals surface area contributed by atoms with Crippen molar-refractivity contribution in [2.24, 2.45) is 5.92 Å². The molecule has 1 fully saturated rings. The van der Waals surface area contributed by atoms with Crippen LogP contribution < -0.4 is 0 Å². The van der Waals surface area contributed by atoms with Gasteiger partial charge < -0.3 is 10.2 Å². The minimum absolute atomic E-state index is 0.0258. The lowest BCUT2D eigenvalue weighted by atomic mass is 10.1. The highest BCUT2D eigenvalue weighted by Crippen LogP contribution is 2.32. The average Bonchev–Trinajstić information content (AvgIpc) is 3.22. The number of aliphatic hydroxyl groups excluding tert-OH is 2. The van der Waals surface area contributed by atoms with Crippen LogP contribution in [0.1, 0.15) is 30.1 Å². The molecule has 2 rings (SSSR count). The molecule has 0 amide bonds. The molecule has 3 nitrogen and oxygen atoms in total. The van der Waals surface area contributed by atoms with Crippen LogP contribution >= 0.6 is 0 Å². The Labute approximate surface area is 122 Å². The summed E-state index contributed by atoms with van der Waals surface area (Å²) in [6.07, 6.45) is -3.12. The monoisotopic (exact) mass is 303 g/mol. The summed E-state index contributed by atoms with van der Waals surface area (Å²) < 4.78 is 38.0. The first kappa shape index (κ1) is 16.3. The second-order valence-corrected chi connectivity index (χ2v) is 5.57. The van der Waals surface area contributed by atoms with Gasteiger partial charge in [0.25, 0.3) is 0 Å². The highest BCUT2D eigenvalue weighted by molar-refractivity contribution is 5.27. The van der Waals surface area contributed by atoms with Crippen molar-refractivity contribution in [3.63, 3.8) is 0 Å². The van der Waals surface area contributed by atoms with Crippen molar-refractivity contribution in [1.82, 2.24) is 4.90 Å². The third-order valence-corrected chi connectivity index (χ3v) is 3.66. The van der Waals surface area contributed by atoms with Gasteiger partial charge in [0.05, 0.1) is 18.3 Å². The molecule has 0 aliphatic heterocycles. The fourth-order valence-corrected chi connectivity index (χ4v) is 2.34. The first-order valence-corrected chi connectivity index (χ1v) is 7.08. The maximum absolute atomic E-state index is 12.7. The molecule has 1 aliphatic rings. The van der Waals surface area contributed by atoms with Gasteiger partial charge in [-0.3, -0.25) is 4.90 Å². The van der Waals surface area contributed by atoms with Crippen LogP contribution in [0.4, 0.5) is 13.2 Å². The quantitative estimate of drug-likeness (QED) is 0.813. The zero-order valence-corrected chi connectivity index (χ0v) is 11.7. The standard InChI is InChI=1S/C15H20F3NO2/c16-15(17,18)13-3-1-2-12(8-13)14(21)10-19(6-7-20)9-11-4-5-11/h1-3,8,11,14,20-21H,4-7,9-10H2/t14-/m0/s1. The zero-order valence-electron chi connectivity index (χ0n) is 11.7. The average molecular weight is 303 g/mol. The van der Waals surface area contributed by atoms with E-state index in [4.69, 9.17) is 5.11 Å². The van der Waals surface area contributed by atoms with E-state index in [0.29, 0.717) is 12.5 Å². The van der Waals surface area contributed by atoms with Crippen LogP contribution in [0.2, 0.25) is 0 Å². The van der Waals surface area contributed by atoms with Crippen LogP contribution in [-0.4, -0.2) is 41.4 Å². The van der Waals surface area contributed by atoms with Crippen molar-refractivity contribution in [3.8, 4) is 0 Å².